The molecule has 1 heterocycles. The van der Waals surface area contributed by atoms with Gasteiger partial charge in [-0.1, -0.05) is 32.6 Å². The van der Waals surface area contributed by atoms with Gasteiger partial charge < -0.3 is 4.74 Å². The van der Waals surface area contributed by atoms with Crippen molar-refractivity contribution in [1.29, 1.82) is 0 Å². The lowest BCUT2D eigenvalue weighted by Crippen LogP contribution is -1.90. The Labute approximate surface area is 91.0 Å². The first-order valence-electron chi connectivity index (χ1n) is 5.40. The third kappa shape index (κ3) is 12.7. The van der Waals surface area contributed by atoms with Gasteiger partial charge in [0.05, 0.1) is 6.61 Å². The van der Waals surface area contributed by atoms with Gasteiger partial charge in [-0.05, 0) is 12.5 Å². The molecule has 0 aliphatic carbocycles. The summed E-state index contributed by atoms with van der Waals surface area (Å²) in [7, 11) is 0. The van der Waals surface area contributed by atoms with Gasteiger partial charge in [-0.25, -0.2) is 0 Å². The minimum atomic E-state index is 0.514. The molecule has 0 amide bonds. The Balaban J connectivity index is 0.000000322. The molecule has 0 saturated heterocycles. The Kier molecular flexibility index (Phi) is 11.6. The van der Waals surface area contributed by atoms with Crippen LogP contribution in [-0.2, 0) is 9.53 Å². The Morgan fingerprint density at radius 3 is 2.60 bits per heavy atom. The van der Waals surface area contributed by atoms with E-state index < -0.39 is 0 Å². The number of ether oxygens (including phenoxy) is 1. The highest BCUT2D eigenvalue weighted by Crippen LogP contribution is 2.01. The monoisotopic (exact) mass is 212 g/mol. The number of nitrogens with one attached hydrogen (secondary N) is 1. The summed E-state index contributed by atoms with van der Waals surface area (Å²) in [5.41, 5.74) is 0. The molecule has 0 radical (unpaired) electrons. The molecule has 0 aliphatic rings. The van der Waals surface area contributed by atoms with Crippen LogP contribution in [0.4, 0.5) is 0 Å². The molecule has 4 heteroatoms. The van der Waals surface area contributed by atoms with Crippen molar-refractivity contribution in [2.24, 2.45) is 0 Å². The van der Waals surface area contributed by atoms with Crippen LogP contribution in [0.15, 0.2) is 18.5 Å². The van der Waals surface area contributed by atoms with E-state index in [0.717, 1.165) is 6.42 Å². The lowest BCUT2D eigenvalue weighted by molar-refractivity contribution is -0.128. The van der Waals surface area contributed by atoms with E-state index >= 15 is 0 Å². The average Bonchev–Trinajstić information content (AvgIpc) is 2.82. The SMILES string of the molecule is CCCCCCCOC=O.c1cn[nH]c1. The molecular weight excluding hydrogens is 192 g/mol. The standard InChI is InChI=1S/C8H16O2.C3H4N2/c1-2-3-4-5-6-7-10-8-9;1-2-4-5-3-1/h8H,2-7H2,1H3;1-3H,(H,4,5). The predicted molar refractivity (Wildman–Crippen MR) is 59.4 cm³/mol. The van der Waals surface area contributed by atoms with Crippen molar-refractivity contribution in [3.63, 3.8) is 0 Å². The van der Waals surface area contributed by atoms with Gasteiger partial charge in [-0.3, -0.25) is 9.89 Å². The molecule has 0 unspecified atom stereocenters. The number of aromatic amines is 1. The second-order valence-corrected chi connectivity index (χ2v) is 3.15. The first kappa shape index (κ1) is 13.7. The normalized spacial score (nSPS) is 8.87. The number of nitrogens with zero attached hydrogens (tertiary/aromatic N) is 1. The van der Waals surface area contributed by atoms with Gasteiger partial charge in [0.2, 0.25) is 0 Å². The molecule has 1 N–H and O–H groups in total. The second kappa shape index (κ2) is 12.7. The van der Waals surface area contributed by atoms with Crippen LogP contribution in [0.25, 0.3) is 0 Å². The lowest BCUT2D eigenvalue weighted by atomic mass is 10.2. The molecule has 0 atom stereocenters. The van der Waals surface area contributed by atoms with Crippen molar-refractivity contribution in [2.45, 2.75) is 39.0 Å². The van der Waals surface area contributed by atoms with Crippen LogP contribution < -0.4 is 0 Å². The van der Waals surface area contributed by atoms with Gasteiger partial charge in [-0.15, -0.1) is 0 Å². The Bertz CT molecular complexity index is 183. The number of unbranched alkanes of at least 4 members (excludes halogenated alkanes) is 4. The molecule has 1 aromatic rings. The molecule has 0 saturated carbocycles. The van der Waals surface area contributed by atoms with E-state index in [4.69, 9.17) is 0 Å². The number of hydrogen-bond donors (Lipinski definition) is 1. The minimum Gasteiger partial charge on any atom is -0.468 e. The summed E-state index contributed by atoms with van der Waals surface area (Å²) in [6.07, 6.45) is 9.47. The van der Waals surface area contributed by atoms with Crippen LogP contribution in [0.1, 0.15) is 39.0 Å². The summed E-state index contributed by atoms with van der Waals surface area (Å²) in [5, 5.41) is 6.21. The molecule has 15 heavy (non-hydrogen) atoms. The van der Waals surface area contributed by atoms with Crippen molar-refractivity contribution in [3.05, 3.63) is 18.5 Å². The van der Waals surface area contributed by atoms with Crippen LogP contribution >= 0.6 is 0 Å². The lowest BCUT2D eigenvalue weighted by Gasteiger charge is -1.97. The minimum absolute atomic E-state index is 0.514. The van der Waals surface area contributed by atoms with Crippen LogP contribution in [0.3, 0.4) is 0 Å². The van der Waals surface area contributed by atoms with Crippen LogP contribution in [-0.4, -0.2) is 23.3 Å². The fourth-order valence-corrected chi connectivity index (χ4v) is 1.05. The summed E-state index contributed by atoms with van der Waals surface area (Å²) in [5.74, 6) is 0. The molecule has 0 aliphatic heterocycles. The fourth-order valence-electron chi connectivity index (χ4n) is 1.05. The first-order valence-corrected chi connectivity index (χ1v) is 5.40. The van der Waals surface area contributed by atoms with Gasteiger partial charge in [0.25, 0.3) is 6.47 Å². The van der Waals surface area contributed by atoms with Crippen molar-refractivity contribution in [3.8, 4) is 0 Å². The highest BCUT2D eigenvalue weighted by molar-refractivity contribution is 5.36. The number of carbonyl (C=O) groups is 1. The highest BCUT2D eigenvalue weighted by Gasteiger charge is 1.87. The average molecular weight is 212 g/mol. The van der Waals surface area contributed by atoms with E-state index in [1.54, 1.807) is 12.4 Å². The van der Waals surface area contributed by atoms with E-state index in [1.807, 2.05) is 6.07 Å². The Morgan fingerprint density at radius 2 is 2.13 bits per heavy atom. The summed E-state index contributed by atoms with van der Waals surface area (Å²) in [6, 6.07) is 1.83. The van der Waals surface area contributed by atoms with E-state index in [0.29, 0.717) is 13.1 Å². The van der Waals surface area contributed by atoms with Crippen molar-refractivity contribution >= 4 is 6.47 Å². The van der Waals surface area contributed by atoms with Crippen LogP contribution in [0, 0.1) is 0 Å². The molecule has 0 spiro atoms. The topological polar surface area (TPSA) is 55.0 Å². The second-order valence-electron chi connectivity index (χ2n) is 3.15. The summed E-state index contributed by atoms with van der Waals surface area (Å²) in [4.78, 5) is 9.67. The number of rotatable bonds is 7. The number of hydrogen-bond acceptors (Lipinski definition) is 3. The summed E-state index contributed by atoms with van der Waals surface area (Å²) >= 11 is 0. The number of carbonyl (C=O) groups excluding carboxylic acids is 1. The van der Waals surface area contributed by atoms with Crippen molar-refractivity contribution in [2.75, 3.05) is 6.61 Å². The van der Waals surface area contributed by atoms with Gasteiger partial charge >= 0.3 is 0 Å². The predicted octanol–water partition coefficient (Wildman–Crippen LogP) is 2.54. The van der Waals surface area contributed by atoms with Crippen LogP contribution in [0.2, 0.25) is 0 Å². The van der Waals surface area contributed by atoms with Gasteiger partial charge in [0.15, 0.2) is 0 Å². The number of H-pyrrole nitrogens is 1. The van der Waals surface area contributed by atoms with E-state index in [2.05, 4.69) is 21.9 Å². The first-order chi connectivity index (χ1) is 7.41. The fraction of sp³-hybridized carbons (Fsp3) is 0.636. The molecule has 4 nitrogen and oxygen atoms in total. The zero-order chi connectivity index (χ0) is 11.2. The maximum absolute atomic E-state index is 9.67. The number of aromatic nitrogens is 2. The molecule has 0 fully saturated rings. The third-order valence-corrected chi connectivity index (χ3v) is 1.84. The molecule has 0 bridgehead atoms. The zero-order valence-corrected chi connectivity index (χ0v) is 9.32. The maximum atomic E-state index is 9.67. The van der Waals surface area contributed by atoms with E-state index in [-0.39, 0.29) is 0 Å². The molecule has 0 aromatic carbocycles. The van der Waals surface area contributed by atoms with Gasteiger partial charge in [-0.2, -0.15) is 5.10 Å². The van der Waals surface area contributed by atoms with Crippen molar-refractivity contribution < 1.29 is 9.53 Å². The van der Waals surface area contributed by atoms with Gasteiger partial charge in [0, 0.05) is 12.4 Å². The Morgan fingerprint density at radius 1 is 1.33 bits per heavy atom. The van der Waals surface area contributed by atoms with Crippen LogP contribution in [0.5, 0.6) is 0 Å². The van der Waals surface area contributed by atoms with Gasteiger partial charge in [0.1, 0.15) is 0 Å². The summed E-state index contributed by atoms with van der Waals surface area (Å²) in [6.45, 7) is 3.29. The molecule has 1 rings (SSSR count). The smallest absolute Gasteiger partial charge is 0.293 e. The van der Waals surface area contributed by atoms with E-state index in [9.17, 15) is 4.79 Å². The Hall–Kier alpha value is -1.32. The summed E-state index contributed by atoms with van der Waals surface area (Å²) < 4.78 is 4.53. The highest BCUT2D eigenvalue weighted by atomic mass is 16.5. The largest absolute Gasteiger partial charge is 0.468 e. The molecule has 86 valence electrons. The molecular formula is C11H20N2O2. The van der Waals surface area contributed by atoms with E-state index in [1.165, 1.54) is 25.7 Å². The van der Waals surface area contributed by atoms with Crippen molar-refractivity contribution in [1.82, 2.24) is 10.2 Å². The third-order valence-electron chi connectivity index (χ3n) is 1.84. The zero-order valence-electron chi connectivity index (χ0n) is 9.32. The maximum Gasteiger partial charge on any atom is 0.293 e. The molecule has 1 aromatic heterocycles. The quantitative estimate of drug-likeness (QED) is 0.558.